The Hall–Kier alpha value is -0.940. The van der Waals surface area contributed by atoms with Crippen molar-refractivity contribution >= 4 is 0 Å². The Bertz CT molecular complexity index is 247. The van der Waals surface area contributed by atoms with Crippen LogP contribution in [0.3, 0.4) is 0 Å². The average molecular weight is 171 g/mol. The minimum absolute atomic E-state index is 0.170. The van der Waals surface area contributed by atoms with Gasteiger partial charge < -0.3 is 15.4 Å². The molecule has 0 radical (unpaired) electrons. The van der Waals surface area contributed by atoms with Crippen LogP contribution in [0.4, 0.5) is 0 Å². The molecule has 5 nitrogen and oxygen atoms in total. The molecule has 12 heavy (non-hydrogen) atoms. The quantitative estimate of drug-likeness (QED) is 0.677. The second kappa shape index (κ2) is 3.64. The lowest BCUT2D eigenvalue weighted by atomic mass is 10.2. The van der Waals surface area contributed by atoms with E-state index in [2.05, 4.69) is 10.1 Å². The molecular weight excluding hydrogens is 158 g/mol. The number of nitrogens with zero attached hydrogens (tertiary/aromatic N) is 2. The molecule has 0 aliphatic rings. The van der Waals surface area contributed by atoms with E-state index in [1.54, 1.807) is 0 Å². The normalized spacial score (nSPS) is 13.8. The summed E-state index contributed by atoms with van der Waals surface area (Å²) in [6.45, 7) is 3.72. The van der Waals surface area contributed by atoms with Crippen molar-refractivity contribution in [3.05, 3.63) is 11.7 Å². The van der Waals surface area contributed by atoms with Crippen LogP contribution in [0.2, 0.25) is 0 Å². The summed E-state index contributed by atoms with van der Waals surface area (Å²) in [5.74, 6) is 1.10. The number of rotatable bonds is 3. The molecule has 0 aliphatic heterocycles. The zero-order valence-corrected chi connectivity index (χ0v) is 7.19. The van der Waals surface area contributed by atoms with Gasteiger partial charge in [0.05, 0.1) is 12.6 Å². The number of aliphatic hydroxyl groups excluding tert-OH is 1. The molecule has 0 fully saturated rings. The molecule has 1 atom stereocenters. The van der Waals surface area contributed by atoms with Crippen LogP contribution >= 0.6 is 0 Å². The third-order valence-corrected chi connectivity index (χ3v) is 1.48. The van der Waals surface area contributed by atoms with Gasteiger partial charge in [-0.3, -0.25) is 0 Å². The van der Waals surface area contributed by atoms with Gasteiger partial charge in [0.25, 0.3) is 0 Å². The summed E-state index contributed by atoms with van der Waals surface area (Å²) in [5, 5.41) is 12.3. The van der Waals surface area contributed by atoms with Crippen LogP contribution in [0.5, 0.6) is 0 Å². The van der Waals surface area contributed by atoms with E-state index in [-0.39, 0.29) is 12.5 Å². The highest BCUT2D eigenvalue weighted by molar-refractivity contribution is 4.95. The number of nitrogens with two attached hydrogens (primary N) is 1. The maximum Gasteiger partial charge on any atom is 0.229 e. The van der Waals surface area contributed by atoms with E-state index in [9.17, 15) is 0 Å². The Balaban J connectivity index is 2.77. The lowest BCUT2D eigenvalue weighted by Gasteiger charge is -1.98. The van der Waals surface area contributed by atoms with Gasteiger partial charge in [-0.1, -0.05) is 19.0 Å². The van der Waals surface area contributed by atoms with Crippen molar-refractivity contribution in [3.8, 4) is 0 Å². The Kier molecular flexibility index (Phi) is 2.78. The smallest absolute Gasteiger partial charge is 0.229 e. The summed E-state index contributed by atoms with van der Waals surface area (Å²) < 4.78 is 4.90. The molecule has 1 heterocycles. The fourth-order valence-electron chi connectivity index (χ4n) is 0.714. The molecule has 0 aromatic carbocycles. The molecule has 0 aliphatic carbocycles. The average Bonchev–Trinajstić information content (AvgIpc) is 2.51. The first kappa shape index (κ1) is 9.15. The molecule has 0 spiro atoms. The Morgan fingerprint density at radius 1 is 1.58 bits per heavy atom. The van der Waals surface area contributed by atoms with Crippen molar-refractivity contribution in [2.45, 2.75) is 25.8 Å². The number of hydrogen-bond acceptors (Lipinski definition) is 5. The molecular formula is C7H13N3O2. The third kappa shape index (κ3) is 1.80. The Labute approximate surface area is 70.6 Å². The first-order chi connectivity index (χ1) is 5.65. The molecule has 0 bridgehead atoms. The van der Waals surface area contributed by atoms with Gasteiger partial charge in [-0.05, 0) is 0 Å². The molecule has 5 heteroatoms. The maximum absolute atomic E-state index is 8.69. The Morgan fingerprint density at radius 2 is 2.25 bits per heavy atom. The van der Waals surface area contributed by atoms with Gasteiger partial charge >= 0.3 is 0 Å². The SMILES string of the molecule is CC(C)c1nc(C(N)CO)no1. The van der Waals surface area contributed by atoms with E-state index >= 15 is 0 Å². The number of aliphatic hydroxyl groups is 1. The van der Waals surface area contributed by atoms with E-state index in [1.165, 1.54) is 0 Å². The first-order valence-corrected chi connectivity index (χ1v) is 3.85. The molecule has 0 amide bonds. The van der Waals surface area contributed by atoms with Crippen LogP contribution < -0.4 is 5.73 Å². The second-order valence-electron chi connectivity index (χ2n) is 2.93. The summed E-state index contributed by atoms with van der Waals surface area (Å²) in [7, 11) is 0. The molecule has 68 valence electrons. The summed E-state index contributed by atoms with van der Waals surface area (Å²) in [5.41, 5.74) is 5.47. The van der Waals surface area contributed by atoms with E-state index in [1.807, 2.05) is 13.8 Å². The van der Waals surface area contributed by atoms with E-state index < -0.39 is 6.04 Å². The predicted molar refractivity (Wildman–Crippen MR) is 42.4 cm³/mol. The van der Waals surface area contributed by atoms with Crippen molar-refractivity contribution < 1.29 is 9.63 Å². The molecule has 1 aromatic heterocycles. The van der Waals surface area contributed by atoms with Crippen LogP contribution in [-0.4, -0.2) is 21.9 Å². The van der Waals surface area contributed by atoms with Crippen LogP contribution in [0.25, 0.3) is 0 Å². The molecule has 0 saturated heterocycles. The van der Waals surface area contributed by atoms with Gasteiger partial charge in [0.2, 0.25) is 5.89 Å². The fraction of sp³-hybridized carbons (Fsp3) is 0.714. The van der Waals surface area contributed by atoms with Crippen molar-refractivity contribution in [1.82, 2.24) is 10.1 Å². The highest BCUT2D eigenvalue weighted by atomic mass is 16.5. The summed E-state index contributed by atoms with van der Waals surface area (Å²) in [4.78, 5) is 4.02. The zero-order chi connectivity index (χ0) is 9.14. The van der Waals surface area contributed by atoms with E-state index in [0.29, 0.717) is 11.7 Å². The molecule has 0 saturated carbocycles. The van der Waals surface area contributed by atoms with E-state index in [4.69, 9.17) is 15.4 Å². The van der Waals surface area contributed by atoms with Crippen molar-refractivity contribution in [3.63, 3.8) is 0 Å². The highest BCUT2D eigenvalue weighted by Crippen LogP contribution is 2.13. The molecule has 3 N–H and O–H groups in total. The highest BCUT2D eigenvalue weighted by Gasteiger charge is 2.14. The first-order valence-electron chi connectivity index (χ1n) is 3.85. The molecule has 1 rings (SSSR count). The van der Waals surface area contributed by atoms with Gasteiger partial charge in [0, 0.05) is 5.92 Å². The van der Waals surface area contributed by atoms with Gasteiger partial charge in [0.15, 0.2) is 5.82 Å². The van der Waals surface area contributed by atoms with Crippen LogP contribution in [-0.2, 0) is 0 Å². The summed E-state index contributed by atoms with van der Waals surface area (Å²) in [6.07, 6.45) is 0. The Morgan fingerprint density at radius 3 is 2.67 bits per heavy atom. The second-order valence-corrected chi connectivity index (χ2v) is 2.93. The van der Waals surface area contributed by atoms with E-state index in [0.717, 1.165) is 0 Å². The van der Waals surface area contributed by atoms with Gasteiger partial charge in [0.1, 0.15) is 0 Å². The number of aromatic nitrogens is 2. The standard InChI is InChI=1S/C7H13N3O2/c1-4(2)7-9-6(10-12-7)5(8)3-11/h4-5,11H,3,8H2,1-2H3. The van der Waals surface area contributed by atoms with Crippen molar-refractivity contribution in [1.29, 1.82) is 0 Å². The summed E-state index contributed by atoms with van der Waals surface area (Å²) in [6, 6.07) is -0.541. The largest absolute Gasteiger partial charge is 0.394 e. The topological polar surface area (TPSA) is 85.2 Å². The third-order valence-electron chi connectivity index (χ3n) is 1.48. The van der Waals surface area contributed by atoms with Crippen LogP contribution in [0, 0.1) is 0 Å². The lowest BCUT2D eigenvalue weighted by molar-refractivity contribution is 0.259. The van der Waals surface area contributed by atoms with Crippen molar-refractivity contribution in [2.24, 2.45) is 5.73 Å². The van der Waals surface area contributed by atoms with Crippen LogP contribution in [0.15, 0.2) is 4.52 Å². The van der Waals surface area contributed by atoms with Gasteiger partial charge in [-0.2, -0.15) is 4.98 Å². The van der Waals surface area contributed by atoms with Crippen LogP contribution in [0.1, 0.15) is 37.5 Å². The molecule has 1 unspecified atom stereocenters. The lowest BCUT2D eigenvalue weighted by Crippen LogP contribution is -2.16. The maximum atomic E-state index is 8.69. The minimum Gasteiger partial charge on any atom is -0.394 e. The van der Waals surface area contributed by atoms with Gasteiger partial charge in [-0.15, -0.1) is 0 Å². The van der Waals surface area contributed by atoms with Gasteiger partial charge in [-0.25, -0.2) is 0 Å². The predicted octanol–water partition coefficient (Wildman–Crippen LogP) is 0.185. The fourth-order valence-corrected chi connectivity index (χ4v) is 0.714. The number of hydrogen-bond donors (Lipinski definition) is 2. The summed E-state index contributed by atoms with van der Waals surface area (Å²) >= 11 is 0. The monoisotopic (exact) mass is 171 g/mol. The van der Waals surface area contributed by atoms with Crippen molar-refractivity contribution in [2.75, 3.05) is 6.61 Å². The molecule has 1 aromatic rings. The zero-order valence-electron chi connectivity index (χ0n) is 7.19. The minimum atomic E-state index is -0.541.